The summed E-state index contributed by atoms with van der Waals surface area (Å²) in [5.41, 5.74) is -4.05. The van der Waals surface area contributed by atoms with Gasteiger partial charge in [-0.15, -0.1) is 0 Å². The summed E-state index contributed by atoms with van der Waals surface area (Å²) in [7, 11) is 0. The molecule has 2 aromatic carbocycles. The maximum Gasteiger partial charge on any atom is 0.351 e. The zero-order chi connectivity index (χ0) is 20.9. The highest BCUT2D eigenvalue weighted by molar-refractivity contribution is 6.11. The average molecular weight is 396 g/mol. The molecule has 2 heterocycles. The van der Waals surface area contributed by atoms with E-state index in [1.54, 1.807) is 0 Å². The Balaban J connectivity index is 2.26. The van der Waals surface area contributed by atoms with Crippen molar-refractivity contribution in [3.05, 3.63) is 80.2 Å². The lowest BCUT2D eigenvalue weighted by Gasteiger charge is -2.10. The van der Waals surface area contributed by atoms with Crippen LogP contribution in [0.5, 0.6) is 0 Å². The lowest BCUT2D eigenvalue weighted by atomic mass is 9.98. The lowest BCUT2D eigenvalue weighted by Crippen LogP contribution is -2.15. The number of halogens is 1. The Morgan fingerprint density at radius 2 is 1.38 bits per heavy atom. The van der Waals surface area contributed by atoms with Crippen LogP contribution in [0.25, 0.3) is 33.1 Å². The number of carboxylic acid groups (broad SMARTS) is 2. The van der Waals surface area contributed by atoms with Crippen molar-refractivity contribution in [1.29, 1.82) is 0 Å². The monoisotopic (exact) mass is 396 g/mol. The number of fused-ring (bicyclic) bond motifs is 3. The van der Waals surface area contributed by atoms with Crippen LogP contribution >= 0.6 is 0 Å². The molecule has 0 radical (unpaired) electrons. The number of carbonyl (C=O) groups is 2. The van der Waals surface area contributed by atoms with Crippen molar-refractivity contribution in [3.63, 3.8) is 0 Å². The van der Waals surface area contributed by atoms with Crippen molar-refractivity contribution >= 4 is 33.9 Å². The fourth-order valence-corrected chi connectivity index (χ4v) is 3.04. The Morgan fingerprint density at radius 3 is 2.00 bits per heavy atom. The minimum Gasteiger partial charge on any atom is -0.477 e. The Kier molecular flexibility index (Phi) is 4.00. The normalized spacial score (nSPS) is 11.1. The van der Waals surface area contributed by atoms with Crippen LogP contribution in [0, 0.1) is 5.82 Å². The van der Waals surface area contributed by atoms with E-state index in [1.807, 2.05) is 0 Å². The molecule has 9 heteroatoms. The number of benzene rings is 2. The van der Waals surface area contributed by atoms with Gasteiger partial charge in [-0.05, 0) is 24.3 Å². The zero-order valence-electron chi connectivity index (χ0n) is 14.3. The maximum atomic E-state index is 14.4. The van der Waals surface area contributed by atoms with E-state index < -0.39 is 40.1 Å². The summed E-state index contributed by atoms with van der Waals surface area (Å²) in [6.45, 7) is 0. The van der Waals surface area contributed by atoms with Gasteiger partial charge in [0, 0.05) is 16.5 Å². The van der Waals surface area contributed by atoms with Crippen molar-refractivity contribution in [2.45, 2.75) is 0 Å². The van der Waals surface area contributed by atoms with Gasteiger partial charge in [0.25, 0.3) is 0 Å². The predicted molar refractivity (Wildman–Crippen MR) is 97.8 cm³/mol. The number of hydrogen-bond donors (Lipinski definition) is 2. The van der Waals surface area contributed by atoms with Gasteiger partial charge in [-0.25, -0.2) is 23.6 Å². The molecule has 144 valence electrons. The van der Waals surface area contributed by atoms with Gasteiger partial charge in [0.1, 0.15) is 28.1 Å². The van der Waals surface area contributed by atoms with E-state index in [2.05, 4.69) is 0 Å². The first-order valence-corrected chi connectivity index (χ1v) is 8.08. The van der Waals surface area contributed by atoms with Gasteiger partial charge in [-0.3, -0.25) is 0 Å². The van der Waals surface area contributed by atoms with Gasteiger partial charge in [-0.2, -0.15) is 0 Å². The van der Waals surface area contributed by atoms with Crippen LogP contribution in [-0.2, 0) is 0 Å². The molecule has 0 amide bonds. The van der Waals surface area contributed by atoms with E-state index in [-0.39, 0.29) is 33.1 Å². The largest absolute Gasteiger partial charge is 0.477 e. The lowest BCUT2D eigenvalue weighted by molar-refractivity contribution is 0.0681. The Hall–Kier alpha value is -4.27. The standard InChI is InChI=1S/C20H9FO8/c21-14-4-2-1-3-9(14)10-5-8-6-12(17(22)23)19(26)28-15(8)11-7-13(18(24)25)20(27)29-16(10)11/h1-7H,(H,22,23)(H,24,25). The number of aromatic carboxylic acids is 2. The maximum absolute atomic E-state index is 14.4. The van der Waals surface area contributed by atoms with Gasteiger partial charge in [0.15, 0.2) is 0 Å². The van der Waals surface area contributed by atoms with Crippen LogP contribution in [0.3, 0.4) is 0 Å². The molecule has 0 aliphatic heterocycles. The molecule has 0 saturated carbocycles. The molecule has 2 aromatic heterocycles. The molecule has 0 bridgehead atoms. The summed E-state index contributed by atoms with van der Waals surface area (Å²) in [6.07, 6.45) is 0. The summed E-state index contributed by atoms with van der Waals surface area (Å²) >= 11 is 0. The second kappa shape index (κ2) is 6.41. The van der Waals surface area contributed by atoms with Crippen LogP contribution in [0.1, 0.15) is 20.7 Å². The minimum atomic E-state index is -1.57. The summed E-state index contributed by atoms with van der Waals surface area (Å²) < 4.78 is 24.6. The Bertz CT molecular complexity index is 1460. The van der Waals surface area contributed by atoms with E-state index in [4.69, 9.17) is 13.9 Å². The molecule has 0 unspecified atom stereocenters. The topological polar surface area (TPSA) is 135 Å². The number of carboxylic acids is 2. The van der Waals surface area contributed by atoms with Gasteiger partial charge in [-0.1, -0.05) is 18.2 Å². The fourth-order valence-electron chi connectivity index (χ4n) is 3.04. The second-order valence-electron chi connectivity index (χ2n) is 6.07. The summed E-state index contributed by atoms with van der Waals surface area (Å²) in [4.78, 5) is 46.7. The Labute approximate surface area is 159 Å². The molecule has 0 atom stereocenters. The molecule has 0 spiro atoms. The van der Waals surface area contributed by atoms with Gasteiger partial charge in [0.2, 0.25) is 0 Å². The van der Waals surface area contributed by atoms with Crippen molar-refractivity contribution in [2.24, 2.45) is 0 Å². The molecule has 4 rings (SSSR count). The molecule has 0 aliphatic carbocycles. The third-order valence-corrected chi connectivity index (χ3v) is 4.34. The highest BCUT2D eigenvalue weighted by Crippen LogP contribution is 2.35. The highest BCUT2D eigenvalue weighted by atomic mass is 19.1. The molecule has 0 aliphatic rings. The van der Waals surface area contributed by atoms with Crippen molar-refractivity contribution in [2.75, 3.05) is 0 Å². The van der Waals surface area contributed by atoms with Crippen LogP contribution in [0.15, 0.2) is 60.9 Å². The van der Waals surface area contributed by atoms with Gasteiger partial charge < -0.3 is 19.0 Å². The van der Waals surface area contributed by atoms with Crippen molar-refractivity contribution < 1.29 is 33.0 Å². The molecule has 8 nitrogen and oxygen atoms in total. The van der Waals surface area contributed by atoms with Crippen LogP contribution in [0.2, 0.25) is 0 Å². The van der Waals surface area contributed by atoms with E-state index in [1.165, 1.54) is 30.3 Å². The predicted octanol–water partition coefficient (Wildman–Crippen LogP) is 3.10. The van der Waals surface area contributed by atoms with Crippen molar-refractivity contribution in [1.82, 2.24) is 0 Å². The third-order valence-electron chi connectivity index (χ3n) is 4.34. The van der Waals surface area contributed by atoms with E-state index >= 15 is 0 Å². The first-order chi connectivity index (χ1) is 13.8. The molecule has 0 saturated heterocycles. The van der Waals surface area contributed by atoms with E-state index in [0.717, 1.165) is 12.1 Å². The number of hydrogen-bond acceptors (Lipinski definition) is 6. The third kappa shape index (κ3) is 2.85. The molecule has 0 fully saturated rings. The molecule has 2 N–H and O–H groups in total. The van der Waals surface area contributed by atoms with E-state index in [0.29, 0.717) is 0 Å². The van der Waals surface area contributed by atoms with Crippen LogP contribution in [-0.4, -0.2) is 22.2 Å². The van der Waals surface area contributed by atoms with Crippen LogP contribution < -0.4 is 11.3 Å². The summed E-state index contributed by atoms with van der Waals surface area (Å²) in [6, 6.07) is 8.82. The summed E-state index contributed by atoms with van der Waals surface area (Å²) in [5, 5.41) is 18.4. The molecule has 29 heavy (non-hydrogen) atoms. The van der Waals surface area contributed by atoms with E-state index in [9.17, 15) is 28.7 Å². The summed E-state index contributed by atoms with van der Waals surface area (Å²) in [5.74, 6) is -3.76. The second-order valence-corrected chi connectivity index (χ2v) is 6.07. The molecule has 4 aromatic rings. The number of rotatable bonds is 3. The molecular weight excluding hydrogens is 387 g/mol. The minimum absolute atomic E-state index is 0.0219. The highest BCUT2D eigenvalue weighted by Gasteiger charge is 2.22. The first-order valence-electron chi connectivity index (χ1n) is 8.08. The average Bonchev–Trinajstić information content (AvgIpc) is 2.66. The molecular formula is C20H9FO8. The Morgan fingerprint density at radius 1 is 0.793 bits per heavy atom. The fraction of sp³-hybridized carbons (Fsp3) is 0. The smallest absolute Gasteiger partial charge is 0.351 e. The van der Waals surface area contributed by atoms with Crippen LogP contribution in [0.4, 0.5) is 4.39 Å². The van der Waals surface area contributed by atoms with Gasteiger partial charge in [0.05, 0.1) is 5.39 Å². The quantitative estimate of drug-likeness (QED) is 0.398. The first kappa shape index (κ1) is 18.1. The SMILES string of the molecule is O=C(O)c1cc2c(oc1=O)c(-c1ccccc1F)cc1cc(C(=O)O)c(=O)oc12. The van der Waals surface area contributed by atoms with Gasteiger partial charge >= 0.3 is 23.2 Å². The zero-order valence-corrected chi connectivity index (χ0v) is 14.3. The van der Waals surface area contributed by atoms with Crippen molar-refractivity contribution in [3.8, 4) is 11.1 Å².